The molecule has 3 heterocycles. The number of hydrogen-bond donors (Lipinski definition) is 0. The molecule has 0 radical (unpaired) electrons. The highest BCUT2D eigenvalue weighted by Gasteiger charge is 2.36. The number of ether oxygens (including phenoxy) is 1. The van der Waals surface area contributed by atoms with Gasteiger partial charge >= 0.3 is 0 Å². The lowest BCUT2D eigenvalue weighted by molar-refractivity contribution is -0.123. The number of carbonyl (C=O) groups is 1. The fourth-order valence-corrected chi connectivity index (χ4v) is 7.97. The SMILES string of the molecule is COc1ccc(S(=O)(=O)N2CCCC(C(=O)N(CCn3nc(C)cc3C)c3nc4c(C(C)C)cccc4s3)C2)cc1. The summed E-state index contributed by atoms with van der Waals surface area (Å²) in [5.74, 6) is 0.299. The molecule has 1 saturated heterocycles. The Kier molecular flexibility index (Phi) is 8.49. The van der Waals surface area contributed by atoms with Gasteiger partial charge in [0.05, 0.1) is 40.4 Å². The van der Waals surface area contributed by atoms with Crippen LogP contribution in [-0.2, 0) is 21.4 Å². The number of nitrogens with zero attached hydrogens (tertiary/aromatic N) is 5. The fraction of sp³-hybridized carbons (Fsp3) is 0.433. The number of rotatable bonds is 9. The maximum absolute atomic E-state index is 14.2. The Bertz CT molecular complexity index is 1640. The van der Waals surface area contributed by atoms with E-state index >= 15 is 0 Å². The lowest BCUT2D eigenvalue weighted by Crippen LogP contribution is -2.47. The summed E-state index contributed by atoms with van der Waals surface area (Å²) in [6.07, 6.45) is 1.22. The number of sulfonamides is 1. The van der Waals surface area contributed by atoms with Crippen LogP contribution in [0.5, 0.6) is 5.75 Å². The predicted octanol–water partition coefficient (Wildman–Crippen LogP) is 5.38. The normalized spacial score (nSPS) is 16.4. The summed E-state index contributed by atoms with van der Waals surface area (Å²) < 4.78 is 36.6. The number of carbonyl (C=O) groups excluding carboxylic acids is 1. The highest BCUT2D eigenvalue weighted by molar-refractivity contribution is 7.89. The van der Waals surface area contributed by atoms with Crippen LogP contribution in [0.2, 0.25) is 0 Å². The van der Waals surface area contributed by atoms with Crippen molar-refractivity contribution >= 4 is 42.6 Å². The third-order valence-electron chi connectivity index (χ3n) is 7.63. The second-order valence-corrected chi connectivity index (χ2v) is 13.8. The number of aromatic nitrogens is 3. The zero-order chi connectivity index (χ0) is 29.3. The van der Waals surface area contributed by atoms with Gasteiger partial charge in [0.25, 0.3) is 0 Å². The van der Waals surface area contributed by atoms with Gasteiger partial charge in [0.2, 0.25) is 15.9 Å². The predicted molar refractivity (Wildman–Crippen MR) is 162 cm³/mol. The first-order valence-electron chi connectivity index (χ1n) is 13.9. The first kappa shape index (κ1) is 29.2. The summed E-state index contributed by atoms with van der Waals surface area (Å²) in [7, 11) is -2.22. The molecule has 0 spiro atoms. The fourth-order valence-electron chi connectivity index (χ4n) is 5.42. The molecule has 1 fully saturated rings. The summed E-state index contributed by atoms with van der Waals surface area (Å²) in [4.78, 5) is 21.1. The van der Waals surface area contributed by atoms with Crippen molar-refractivity contribution in [3.63, 3.8) is 0 Å². The van der Waals surface area contributed by atoms with Crippen molar-refractivity contribution in [2.45, 2.75) is 57.9 Å². The molecule has 1 unspecified atom stereocenters. The summed E-state index contributed by atoms with van der Waals surface area (Å²) in [5, 5.41) is 5.22. The van der Waals surface area contributed by atoms with Gasteiger partial charge in [0.15, 0.2) is 5.13 Å². The number of aryl methyl sites for hydroxylation is 2. The van der Waals surface area contributed by atoms with Crippen LogP contribution in [0.15, 0.2) is 53.4 Å². The number of methoxy groups -OCH3 is 1. The molecule has 9 nitrogen and oxygen atoms in total. The van der Waals surface area contributed by atoms with Crippen molar-refractivity contribution in [2.24, 2.45) is 5.92 Å². The lowest BCUT2D eigenvalue weighted by atomic mass is 9.98. The minimum atomic E-state index is -3.76. The molecule has 218 valence electrons. The molecule has 1 atom stereocenters. The first-order valence-corrected chi connectivity index (χ1v) is 16.2. The maximum atomic E-state index is 14.2. The quantitative estimate of drug-likeness (QED) is 0.258. The molecule has 1 aliphatic rings. The van der Waals surface area contributed by atoms with Crippen LogP contribution >= 0.6 is 11.3 Å². The largest absolute Gasteiger partial charge is 0.497 e. The van der Waals surface area contributed by atoms with Crippen LogP contribution in [-0.4, -0.2) is 60.1 Å². The molecule has 41 heavy (non-hydrogen) atoms. The van der Waals surface area contributed by atoms with Gasteiger partial charge in [0, 0.05) is 25.3 Å². The number of amides is 1. The molecule has 0 aliphatic carbocycles. The molecule has 0 N–H and O–H groups in total. The second-order valence-electron chi connectivity index (χ2n) is 10.9. The summed E-state index contributed by atoms with van der Waals surface area (Å²) >= 11 is 1.50. The summed E-state index contributed by atoms with van der Waals surface area (Å²) in [6.45, 7) is 9.64. The average molecular weight is 596 g/mol. The number of thiazole rings is 1. The van der Waals surface area contributed by atoms with Crippen molar-refractivity contribution in [3.05, 3.63) is 65.5 Å². The maximum Gasteiger partial charge on any atom is 0.243 e. The van der Waals surface area contributed by atoms with E-state index in [-0.39, 0.29) is 17.3 Å². The molecule has 5 rings (SSSR count). The van der Waals surface area contributed by atoms with Crippen molar-refractivity contribution < 1.29 is 17.9 Å². The van der Waals surface area contributed by atoms with Crippen molar-refractivity contribution in [3.8, 4) is 5.75 Å². The van der Waals surface area contributed by atoms with E-state index in [1.807, 2.05) is 36.7 Å². The van der Waals surface area contributed by atoms with Gasteiger partial charge in [0.1, 0.15) is 5.75 Å². The third-order valence-corrected chi connectivity index (χ3v) is 10.6. The number of anilines is 1. The van der Waals surface area contributed by atoms with Crippen LogP contribution < -0.4 is 9.64 Å². The Morgan fingerprint density at radius 2 is 1.93 bits per heavy atom. The minimum absolute atomic E-state index is 0.105. The van der Waals surface area contributed by atoms with Crippen LogP contribution in [0, 0.1) is 19.8 Å². The second kappa shape index (κ2) is 11.9. The smallest absolute Gasteiger partial charge is 0.243 e. The number of piperidine rings is 1. The zero-order valence-electron chi connectivity index (χ0n) is 24.2. The first-order chi connectivity index (χ1) is 19.6. The lowest BCUT2D eigenvalue weighted by Gasteiger charge is -2.33. The van der Waals surface area contributed by atoms with E-state index in [1.165, 1.54) is 15.6 Å². The molecule has 1 aliphatic heterocycles. The Hall–Kier alpha value is -3.28. The van der Waals surface area contributed by atoms with E-state index in [9.17, 15) is 13.2 Å². The van der Waals surface area contributed by atoms with Crippen molar-refractivity contribution in [1.82, 2.24) is 19.1 Å². The minimum Gasteiger partial charge on any atom is -0.497 e. The van der Waals surface area contributed by atoms with Crippen molar-refractivity contribution in [1.29, 1.82) is 0 Å². The van der Waals surface area contributed by atoms with Gasteiger partial charge in [-0.05, 0) is 74.6 Å². The van der Waals surface area contributed by atoms with Crippen LogP contribution in [0.1, 0.15) is 49.6 Å². The van der Waals surface area contributed by atoms with Gasteiger partial charge in [-0.2, -0.15) is 9.40 Å². The van der Waals surface area contributed by atoms with E-state index in [0.29, 0.717) is 49.3 Å². The Morgan fingerprint density at radius 1 is 1.17 bits per heavy atom. The molecule has 1 amide bonds. The van der Waals surface area contributed by atoms with E-state index in [1.54, 1.807) is 36.3 Å². The molecule has 2 aromatic heterocycles. The molecule has 0 bridgehead atoms. The average Bonchev–Trinajstić information content (AvgIpc) is 3.54. The highest BCUT2D eigenvalue weighted by Crippen LogP contribution is 2.35. The Labute approximate surface area is 245 Å². The van der Waals surface area contributed by atoms with Crippen molar-refractivity contribution in [2.75, 3.05) is 31.6 Å². The van der Waals surface area contributed by atoms with E-state index in [4.69, 9.17) is 9.72 Å². The highest BCUT2D eigenvalue weighted by atomic mass is 32.2. The van der Waals surface area contributed by atoms with E-state index in [0.717, 1.165) is 27.2 Å². The third kappa shape index (κ3) is 6.02. The molecule has 4 aromatic rings. The van der Waals surface area contributed by atoms with Gasteiger partial charge in [-0.1, -0.05) is 37.3 Å². The molecular weight excluding hydrogens is 558 g/mol. The van der Waals surface area contributed by atoms with Crippen LogP contribution in [0.4, 0.5) is 5.13 Å². The van der Waals surface area contributed by atoms with Gasteiger partial charge in [-0.15, -0.1) is 0 Å². The molecule has 2 aromatic carbocycles. The van der Waals surface area contributed by atoms with Gasteiger partial charge in [-0.3, -0.25) is 14.4 Å². The van der Waals surface area contributed by atoms with E-state index < -0.39 is 15.9 Å². The molecule has 11 heteroatoms. The number of hydrogen-bond acceptors (Lipinski definition) is 7. The Morgan fingerprint density at radius 3 is 2.59 bits per heavy atom. The summed E-state index contributed by atoms with van der Waals surface area (Å²) in [5.41, 5.74) is 4.01. The monoisotopic (exact) mass is 595 g/mol. The molecule has 0 saturated carbocycles. The topological polar surface area (TPSA) is 97.6 Å². The molecular formula is C30H37N5O4S2. The van der Waals surface area contributed by atoms with Gasteiger partial charge < -0.3 is 4.74 Å². The standard InChI is InChI=1S/C30H37N5O4S2/c1-20(2)26-9-6-10-27-28(26)31-30(40-27)34(16-17-35-22(4)18-21(3)32-35)29(36)23-8-7-15-33(19-23)41(37,38)25-13-11-24(39-5)12-14-25/h6,9-14,18,20,23H,7-8,15-17,19H2,1-5H3. The zero-order valence-corrected chi connectivity index (χ0v) is 25.8. The Balaban J connectivity index is 1.44. The van der Waals surface area contributed by atoms with E-state index in [2.05, 4.69) is 25.0 Å². The van der Waals surface area contributed by atoms with Crippen LogP contribution in [0.3, 0.4) is 0 Å². The summed E-state index contributed by atoms with van der Waals surface area (Å²) in [6, 6.07) is 14.5. The number of para-hydroxylation sites is 1. The number of benzene rings is 2. The van der Waals surface area contributed by atoms with Gasteiger partial charge in [-0.25, -0.2) is 13.4 Å². The van der Waals surface area contributed by atoms with Crippen LogP contribution in [0.25, 0.3) is 10.2 Å². The number of fused-ring (bicyclic) bond motifs is 1.